The van der Waals surface area contributed by atoms with Gasteiger partial charge in [-0.25, -0.2) is 0 Å². The predicted molar refractivity (Wildman–Crippen MR) is 62.3 cm³/mol. The second kappa shape index (κ2) is 5.72. The smallest absolute Gasteiger partial charge is 0.0220 e. The minimum Gasteiger partial charge on any atom is -0.329 e. The molecule has 0 radical (unpaired) electrons. The van der Waals surface area contributed by atoms with Gasteiger partial charge in [0, 0.05) is 19.1 Å². The molecule has 0 spiro atoms. The molecule has 1 saturated heterocycles. The van der Waals surface area contributed by atoms with Crippen molar-refractivity contribution in [2.24, 2.45) is 17.6 Å². The highest BCUT2D eigenvalue weighted by Crippen LogP contribution is 2.20. The maximum Gasteiger partial charge on any atom is 0.0220 e. The minimum absolute atomic E-state index is 0.623. The first kappa shape index (κ1) is 12.0. The first-order valence-electron chi connectivity index (χ1n) is 6.07. The van der Waals surface area contributed by atoms with Gasteiger partial charge in [0.2, 0.25) is 0 Å². The Balaban J connectivity index is 2.42. The van der Waals surface area contributed by atoms with Crippen molar-refractivity contribution in [3.8, 4) is 0 Å². The van der Waals surface area contributed by atoms with Crippen LogP contribution < -0.4 is 5.73 Å². The Morgan fingerprint density at radius 1 is 1.43 bits per heavy atom. The summed E-state index contributed by atoms with van der Waals surface area (Å²) in [7, 11) is 0. The lowest BCUT2D eigenvalue weighted by molar-refractivity contribution is 0.119. The zero-order valence-electron chi connectivity index (χ0n) is 10.00. The van der Waals surface area contributed by atoms with Crippen LogP contribution in [0.3, 0.4) is 0 Å². The Hall–Kier alpha value is -0.0800. The SMILES string of the molecule is CC(C)CC(CN)N1CCCC(C)C1. The predicted octanol–water partition coefficient (Wildman–Crippen LogP) is 2.09. The number of nitrogens with two attached hydrogens (primary N) is 1. The van der Waals surface area contributed by atoms with E-state index in [4.69, 9.17) is 5.73 Å². The van der Waals surface area contributed by atoms with Gasteiger partial charge in [0.15, 0.2) is 0 Å². The summed E-state index contributed by atoms with van der Waals surface area (Å²) in [6.07, 6.45) is 4.01. The molecule has 1 heterocycles. The molecule has 0 aromatic carbocycles. The molecular weight excluding hydrogens is 172 g/mol. The van der Waals surface area contributed by atoms with E-state index in [0.717, 1.165) is 18.4 Å². The minimum atomic E-state index is 0.623. The highest BCUT2D eigenvalue weighted by molar-refractivity contribution is 4.79. The molecule has 0 saturated carbocycles. The van der Waals surface area contributed by atoms with Crippen LogP contribution in [0, 0.1) is 11.8 Å². The summed E-state index contributed by atoms with van der Waals surface area (Å²) in [4.78, 5) is 2.61. The molecule has 2 nitrogen and oxygen atoms in total. The summed E-state index contributed by atoms with van der Waals surface area (Å²) in [5.41, 5.74) is 5.86. The van der Waals surface area contributed by atoms with E-state index in [1.165, 1.54) is 32.4 Å². The van der Waals surface area contributed by atoms with Gasteiger partial charge in [-0.3, -0.25) is 4.90 Å². The summed E-state index contributed by atoms with van der Waals surface area (Å²) in [6, 6.07) is 0.623. The van der Waals surface area contributed by atoms with E-state index in [-0.39, 0.29) is 0 Å². The Morgan fingerprint density at radius 3 is 2.64 bits per heavy atom. The third kappa shape index (κ3) is 3.58. The van der Waals surface area contributed by atoms with Crippen molar-refractivity contribution < 1.29 is 0 Å². The molecule has 84 valence electrons. The first-order chi connectivity index (χ1) is 6.63. The molecule has 2 unspecified atom stereocenters. The van der Waals surface area contributed by atoms with Crippen molar-refractivity contribution in [1.29, 1.82) is 0 Å². The third-order valence-corrected chi connectivity index (χ3v) is 3.22. The van der Waals surface area contributed by atoms with Crippen LogP contribution in [-0.4, -0.2) is 30.6 Å². The largest absolute Gasteiger partial charge is 0.329 e. The second-order valence-corrected chi connectivity index (χ2v) is 5.26. The van der Waals surface area contributed by atoms with Crippen molar-refractivity contribution in [3.63, 3.8) is 0 Å². The first-order valence-corrected chi connectivity index (χ1v) is 6.07. The lowest BCUT2D eigenvalue weighted by atomic mass is 9.95. The summed E-state index contributed by atoms with van der Waals surface area (Å²) < 4.78 is 0. The Morgan fingerprint density at radius 2 is 2.14 bits per heavy atom. The Labute approximate surface area is 88.8 Å². The zero-order chi connectivity index (χ0) is 10.6. The fourth-order valence-corrected chi connectivity index (χ4v) is 2.50. The number of rotatable bonds is 4. The number of nitrogens with zero attached hydrogens (tertiary/aromatic N) is 1. The van der Waals surface area contributed by atoms with Crippen LogP contribution in [0.1, 0.15) is 40.0 Å². The van der Waals surface area contributed by atoms with Gasteiger partial charge < -0.3 is 5.73 Å². The lowest BCUT2D eigenvalue weighted by Crippen LogP contribution is -2.46. The molecule has 1 aliphatic heterocycles. The molecule has 2 heteroatoms. The molecule has 0 aliphatic carbocycles. The molecule has 1 rings (SSSR count). The third-order valence-electron chi connectivity index (χ3n) is 3.22. The molecule has 0 aromatic rings. The number of piperidine rings is 1. The van der Waals surface area contributed by atoms with E-state index >= 15 is 0 Å². The molecule has 1 aliphatic rings. The van der Waals surface area contributed by atoms with Gasteiger partial charge in [-0.2, -0.15) is 0 Å². The Kier molecular flexibility index (Phi) is 4.90. The van der Waals surface area contributed by atoms with Crippen LogP contribution in [0.4, 0.5) is 0 Å². The molecule has 0 aromatic heterocycles. The number of hydrogen-bond acceptors (Lipinski definition) is 2. The number of likely N-dealkylation sites (tertiary alicyclic amines) is 1. The topological polar surface area (TPSA) is 29.3 Å². The fraction of sp³-hybridized carbons (Fsp3) is 1.00. The van der Waals surface area contributed by atoms with Crippen molar-refractivity contribution in [1.82, 2.24) is 4.90 Å². The van der Waals surface area contributed by atoms with E-state index in [1.54, 1.807) is 0 Å². The van der Waals surface area contributed by atoms with Gasteiger partial charge >= 0.3 is 0 Å². The van der Waals surface area contributed by atoms with Gasteiger partial charge in [-0.15, -0.1) is 0 Å². The zero-order valence-corrected chi connectivity index (χ0v) is 10.00. The van der Waals surface area contributed by atoms with Crippen LogP contribution in [-0.2, 0) is 0 Å². The van der Waals surface area contributed by atoms with Crippen LogP contribution in [0.15, 0.2) is 0 Å². The van der Waals surface area contributed by atoms with E-state index in [1.807, 2.05) is 0 Å². The van der Waals surface area contributed by atoms with Gasteiger partial charge in [-0.05, 0) is 37.6 Å². The van der Waals surface area contributed by atoms with Crippen LogP contribution in [0.25, 0.3) is 0 Å². The Bertz CT molecular complexity index is 154. The van der Waals surface area contributed by atoms with Gasteiger partial charge in [-0.1, -0.05) is 20.8 Å². The highest BCUT2D eigenvalue weighted by Gasteiger charge is 2.23. The van der Waals surface area contributed by atoms with Gasteiger partial charge in [0.25, 0.3) is 0 Å². The maximum absolute atomic E-state index is 5.86. The van der Waals surface area contributed by atoms with Gasteiger partial charge in [0.05, 0.1) is 0 Å². The van der Waals surface area contributed by atoms with Crippen molar-refractivity contribution in [3.05, 3.63) is 0 Å². The molecule has 1 fully saturated rings. The van der Waals surface area contributed by atoms with E-state index in [9.17, 15) is 0 Å². The molecule has 14 heavy (non-hydrogen) atoms. The average Bonchev–Trinajstić information content (AvgIpc) is 2.14. The van der Waals surface area contributed by atoms with Crippen LogP contribution >= 0.6 is 0 Å². The van der Waals surface area contributed by atoms with Crippen molar-refractivity contribution in [2.75, 3.05) is 19.6 Å². The summed E-state index contributed by atoms with van der Waals surface area (Å²) in [5.74, 6) is 1.63. The van der Waals surface area contributed by atoms with Crippen LogP contribution in [0.2, 0.25) is 0 Å². The van der Waals surface area contributed by atoms with E-state index in [2.05, 4.69) is 25.7 Å². The number of hydrogen-bond donors (Lipinski definition) is 1. The normalized spacial score (nSPS) is 26.8. The molecule has 0 bridgehead atoms. The summed E-state index contributed by atoms with van der Waals surface area (Å²) in [6.45, 7) is 10.3. The lowest BCUT2D eigenvalue weighted by Gasteiger charge is -2.37. The second-order valence-electron chi connectivity index (χ2n) is 5.26. The van der Waals surface area contributed by atoms with E-state index in [0.29, 0.717) is 6.04 Å². The summed E-state index contributed by atoms with van der Waals surface area (Å²) in [5, 5.41) is 0. The van der Waals surface area contributed by atoms with Crippen molar-refractivity contribution in [2.45, 2.75) is 46.1 Å². The average molecular weight is 198 g/mol. The standard InChI is InChI=1S/C12H26N2/c1-10(2)7-12(8-13)14-6-4-5-11(3)9-14/h10-12H,4-9,13H2,1-3H3. The van der Waals surface area contributed by atoms with Gasteiger partial charge in [0.1, 0.15) is 0 Å². The fourth-order valence-electron chi connectivity index (χ4n) is 2.50. The van der Waals surface area contributed by atoms with Crippen LogP contribution in [0.5, 0.6) is 0 Å². The molecule has 2 atom stereocenters. The summed E-state index contributed by atoms with van der Waals surface area (Å²) >= 11 is 0. The molecular formula is C12H26N2. The van der Waals surface area contributed by atoms with E-state index < -0.39 is 0 Å². The molecule has 0 amide bonds. The quantitative estimate of drug-likeness (QED) is 0.749. The maximum atomic E-state index is 5.86. The monoisotopic (exact) mass is 198 g/mol. The molecule has 2 N–H and O–H groups in total. The van der Waals surface area contributed by atoms with Crippen molar-refractivity contribution >= 4 is 0 Å². The highest BCUT2D eigenvalue weighted by atomic mass is 15.2.